The van der Waals surface area contributed by atoms with E-state index in [9.17, 15) is 10.2 Å². The van der Waals surface area contributed by atoms with Gasteiger partial charge in [0.25, 0.3) is 0 Å². The first-order valence-corrected chi connectivity index (χ1v) is 10.3. The van der Waals surface area contributed by atoms with Crippen molar-refractivity contribution in [1.29, 1.82) is 0 Å². The Balaban J connectivity index is 1.96. The lowest BCUT2D eigenvalue weighted by Gasteiger charge is -2.52. The van der Waals surface area contributed by atoms with Crippen LogP contribution in [0.15, 0.2) is 16.1 Å². The quantitative estimate of drug-likeness (QED) is 0.350. The van der Waals surface area contributed by atoms with Crippen LogP contribution in [0, 0.1) is 28.6 Å². The maximum Gasteiger partial charge on any atom is 0.185 e. The number of nitrogens with zero attached hydrogens (tertiary/aromatic N) is 1. The minimum absolute atomic E-state index is 0.0305. The van der Waals surface area contributed by atoms with E-state index in [1.807, 2.05) is 0 Å². The van der Waals surface area contributed by atoms with Crippen LogP contribution >= 0.6 is 0 Å². The van der Waals surface area contributed by atoms with E-state index < -0.39 is 0 Å². The van der Waals surface area contributed by atoms with Gasteiger partial charge in [-0.05, 0) is 67.6 Å². The lowest BCUT2D eigenvalue weighted by molar-refractivity contribution is -0.0574. The number of nitrogens with two attached hydrogens (primary N) is 2. The fourth-order valence-corrected chi connectivity index (χ4v) is 6.23. The summed E-state index contributed by atoms with van der Waals surface area (Å²) in [5.74, 6) is 1.13. The molecule has 0 aromatic heterocycles. The molecule has 0 aliphatic heterocycles. The Morgan fingerprint density at radius 1 is 1.15 bits per heavy atom. The molecular weight excluding hydrogens is 326 g/mol. The molecule has 0 amide bonds. The van der Waals surface area contributed by atoms with E-state index in [1.165, 1.54) is 6.42 Å². The summed E-state index contributed by atoms with van der Waals surface area (Å²) >= 11 is 0. The second kappa shape index (κ2) is 7.16. The summed E-state index contributed by atoms with van der Waals surface area (Å²) in [7, 11) is 0. The third-order valence-corrected chi connectivity index (χ3v) is 7.91. The zero-order valence-corrected chi connectivity index (χ0v) is 16.7. The van der Waals surface area contributed by atoms with Gasteiger partial charge in [-0.15, -0.1) is 0 Å². The molecule has 1 fully saturated rings. The summed E-state index contributed by atoms with van der Waals surface area (Å²) in [5.41, 5.74) is 14.9. The van der Waals surface area contributed by atoms with E-state index in [0.717, 1.165) is 32.1 Å². The van der Waals surface area contributed by atoms with Gasteiger partial charge in [0, 0.05) is 19.1 Å². The van der Waals surface area contributed by atoms with E-state index in [-0.39, 0.29) is 35.4 Å². The molecule has 1 saturated carbocycles. The highest BCUT2D eigenvalue weighted by Crippen LogP contribution is 2.59. The zero-order chi connectivity index (χ0) is 19.1. The van der Waals surface area contributed by atoms with Crippen LogP contribution in [0.2, 0.25) is 0 Å². The van der Waals surface area contributed by atoms with Crippen LogP contribution in [0.25, 0.3) is 0 Å². The normalized spacial score (nSPS) is 39.6. The summed E-state index contributed by atoms with van der Waals surface area (Å²) in [6.45, 7) is 7.86. The maximum absolute atomic E-state index is 10.1. The Labute approximate surface area is 157 Å². The molecule has 0 radical (unpaired) electrons. The summed E-state index contributed by atoms with van der Waals surface area (Å²) in [5, 5.41) is 20.2. The predicted octanol–water partition coefficient (Wildman–Crippen LogP) is 2.56. The predicted molar refractivity (Wildman–Crippen MR) is 105 cm³/mol. The number of aliphatic hydroxyl groups excluding tert-OH is 2. The zero-order valence-electron chi connectivity index (χ0n) is 16.7. The summed E-state index contributed by atoms with van der Waals surface area (Å²) < 4.78 is 0. The molecule has 0 aromatic rings. The van der Waals surface area contributed by atoms with Gasteiger partial charge in [0.05, 0.1) is 6.10 Å². The Bertz CT molecular complexity index is 594. The van der Waals surface area contributed by atoms with Gasteiger partial charge in [-0.3, -0.25) is 4.99 Å². The maximum atomic E-state index is 10.1. The molecule has 5 nitrogen and oxygen atoms in total. The second-order valence-electron chi connectivity index (χ2n) is 9.72. The second-order valence-corrected chi connectivity index (χ2v) is 9.72. The average molecular weight is 364 g/mol. The summed E-state index contributed by atoms with van der Waals surface area (Å²) in [6, 6.07) is 0. The standard InChI is InChI=1S/C21H37N3O2/c1-20(2)8-7-15-16(11-24-19(22)23)18(5-4-17(15)20)21(3)9-6-14(26)10-13(21)12-25/h13-14,16,18,25-26H,4-12H2,1-3H3,(H4,22,23,24). The number of guanidine groups is 1. The van der Waals surface area contributed by atoms with E-state index in [2.05, 4.69) is 25.8 Å². The van der Waals surface area contributed by atoms with Gasteiger partial charge in [-0.1, -0.05) is 31.9 Å². The molecule has 26 heavy (non-hydrogen) atoms. The summed E-state index contributed by atoms with van der Waals surface area (Å²) in [6.07, 6.45) is 6.87. The minimum Gasteiger partial charge on any atom is -0.396 e. The van der Waals surface area contributed by atoms with Crippen molar-refractivity contribution < 1.29 is 10.2 Å². The van der Waals surface area contributed by atoms with Crippen LogP contribution in [0.1, 0.15) is 65.7 Å². The topological polar surface area (TPSA) is 105 Å². The molecule has 0 spiro atoms. The number of hydrogen-bond acceptors (Lipinski definition) is 3. The lowest BCUT2D eigenvalue weighted by atomic mass is 9.53. The van der Waals surface area contributed by atoms with E-state index >= 15 is 0 Å². The molecule has 5 atom stereocenters. The Hall–Kier alpha value is -1.07. The fraction of sp³-hybridized carbons (Fsp3) is 0.857. The smallest absolute Gasteiger partial charge is 0.185 e. The monoisotopic (exact) mass is 363 g/mol. The van der Waals surface area contributed by atoms with Crippen LogP contribution in [0.3, 0.4) is 0 Å². The Morgan fingerprint density at radius 3 is 2.54 bits per heavy atom. The highest BCUT2D eigenvalue weighted by molar-refractivity contribution is 5.75. The van der Waals surface area contributed by atoms with Crippen molar-refractivity contribution in [2.75, 3.05) is 13.2 Å². The van der Waals surface area contributed by atoms with Crippen molar-refractivity contribution in [3.8, 4) is 0 Å². The molecule has 0 saturated heterocycles. The van der Waals surface area contributed by atoms with Gasteiger partial charge in [0.2, 0.25) is 0 Å². The number of aliphatic imine (C=N–C) groups is 1. The number of hydrogen-bond donors (Lipinski definition) is 4. The third-order valence-electron chi connectivity index (χ3n) is 7.91. The van der Waals surface area contributed by atoms with E-state index in [1.54, 1.807) is 11.1 Å². The van der Waals surface area contributed by atoms with Crippen molar-refractivity contribution in [2.24, 2.45) is 45.0 Å². The molecule has 148 valence electrons. The molecule has 5 unspecified atom stereocenters. The first-order chi connectivity index (χ1) is 12.2. The number of aliphatic hydroxyl groups is 2. The van der Waals surface area contributed by atoms with Crippen molar-refractivity contribution >= 4 is 5.96 Å². The molecule has 3 rings (SSSR count). The van der Waals surface area contributed by atoms with E-state index in [0.29, 0.717) is 24.8 Å². The van der Waals surface area contributed by atoms with Crippen LogP contribution in [-0.4, -0.2) is 35.4 Å². The highest BCUT2D eigenvalue weighted by Gasteiger charge is 2.51. The van der Waals surface area contributed by atoms with Crippen LogP contribution in [-0.2, 0) is 0 Å². The SMILES string of the molecule is CC1(C)CCC2=C1CCC(C1(C)CCC(O)CC1CO)C2CN=C(N)N. The van der Waals surface area contributed by atoms with Crippen molar-refractivity contribution in [3.63, 3.8) is 0 Å². The van der Waals surface area contributed by atoms with Crippen molar-refractivity contribution in [2.45, 2.75) is 71.8 Å². The lowest BCUT2D eigenvalue weighted by Crippen LogP contribution is -2.48. The van der Waals surface area contributed by atoms with Gasteiger partial charge in [0.1, 0.15) is 0 Å². The van der Waals surface area contributed by atoms with Gasteiger partial charge in [-0.25, -0.2) is 0 Å². The Morgan fingerprint density at radius 2 is 1.88 bits per heavy atom. The number of rotatable bonds is 4. The third kappa shape index (κ3) is 3.40. The number of allylic oxidation sites excluding steroid dienone is 1. The molecule has 5 heteroatoms. The molecule has 0 heterocycles. The van der Waals surface area contributed by atoms with Gasteiger partial charge in [0.15, 0.2) is 5.96 Å². The van der Waals surface area contributed by atoms with Gasteiger partial charge < -0.3 is 21.7 Å². The highest BCUT2D eigenvalue weighted by atomic mass is 16.3. The fourth-order valence-electron chi connectivity index (χ4n) is 6.23. The molecule has 3 aliphatic rings. The Kier molecular flexibility index (Phi) is 5.42. The molecular formula is C21H37N3O2. The minimum atomic E-state index is -0.278. The van der Waals surface area contributed by atoms with Crippen molar-refractivity contribution in [1.82, 2.24) is 0 Å². The molecule has 0 bridgehead atoms. The van der Waals surface area contributed by atoms with E-state index in [4.69, 9.17) is 11.5 Å². The largest absolute Gasteiger partial charge is 0.396 e. The van der Waals surface area contributed by atoms with Crippen LogP contribution in [0.5, 0.6) is 0 Å². The molecule has 0 aromatic carbocycles. The average Bonchev–Trinajstić information content (AvgIpc) is 2.90. The first-order valence-electron chi connectivity index (χ1n) is 10.3. The summed E-state index contributed by atoms with van der Waals surface area (Å²) in [4.78, 5) is 4.42. The molecule has 3 aliphatic carbocycles. The van der Waals surface area contributed by atoms with Gasteiger partial charge in [-0.2, -0.15) is 0 Å². The first kappa shape index (κ1) is 19.7. The van der Waals surface area contributed by atoms with Crippen LogP contribution in [0.4, 0.5) is 0 Å². The van der Waals surface area contributed by atoms with Gasteiger partial charge >= 0.3 is 0 Å². The van der Waals surface area contributed by atoms with Crippen LogP contribution < -0.4 is 11.5 Å². The van der Waals surface area contributed by atoms with Crippen molar-refractivity contribution in [3.05, 3.63) is 11.1 Å². The molecule has 6 N–H and O–H groups in total.